The van der Waals surface area contributed by atoms with Gasteiger partial charge in [-0.3, -0.25) is 9.59 Å². The van der Waals surface area contributed by atoms with Crippen molar-refractivity contribution in [2.75, 3.05) is 36.5 Å². The zero-order chi connectivity index (χ0) is 19.9. The van der Waals surface area contributed by atoms with Gasteiger partial charge in [-0.2, -0.15) is 4.31 Å². The van der Waals surface area contributed by atoms with Crippen molar-refractivity contribution in [2.24, 2.45) is 0 Å². The largest absolute Gasteiger partial charge is 0.465 e. The van der Waals surface area contributed by atoms with E-state index in [2.05, 4.69) is 5.32 Å². The van der Waals surface area contributed by atoms with Crippen LogP contribution >= 0.6 is 23.4 Å². The summed E-state index contributed by atoms with van der Waals surface area (Å²) in [6.07, 6.45) is 2.66. The first-order valence-electron chi connectivity index (χ1n) is 8.67. The maximum atomic E-state index is 12.8. The lowest BCUT2D eigenvalue weighted by Gasteiger charge is -2.26. The van der Waals surface area contributed by atoms with E-state index in [1.165, 1.54) is 16.4 Å². The van der Waals surface area contributed by atoms with E-state index < -0.39 is 10.0 Å². The van der Waals surface area contributed by atoms with Crippen LogP contribution < -0.4 is 5.32 Å². The van der Waals surface area contributed by atoms with Gasteiger partial charge in [-0.25, -0.2) is 8.42 Å². The van der Waals surface area contributed by atoms with Crippen molar-refractivity contribution in [3.05, 3.63) is 23.2 Å². The monoisotopic (exact) mass is 434 g/mol. The molecule has 0 bridgehead atoms. The van der Waals surface area contributed by atoms with Gasteiger partial charge >= 0.3 is 5.97 Å². The van der Waals surface area contributed by atoms with Crippen molar-refractivity contribution in [3.63, 3.8) is 0 Å². The third-order valence-corrected chi connectivity index (χ3v) is 7.19. The molecular weight excluding hydrogens is 412 g/mol. The molecule has 0 aromatic heterocycles. The second-order valence-corrected chi connectivity index (χ2v) is 9.26. The molecule has 1 amide bonds. The van der Waals surface area contributed by atoms with E-state index in [1.807, 2.05) is 0 Å². The Morgan fingerprint density at radius 2 is 1.93 bits per heavy atom. The molecule has 2 rings (SSSR count). The van der Waals surface area contributed by atoms with Gasteiger partial charge < -0.3 is 10.1 Å². The number of benzene rings is 1. The summed E-state index contributed by atoms with van der Waals surface area (Å²) in [4.78, 5) is 23.3. The lowest BCUT2D eigenvalue weighted by molar-refractivity contribution is -0.139. The van der Waals surface area contributed by atoms with Crippen molar-refractivity contribution in [3.8, 4) is 0 Å². The molecule has 1 aromatic rings. The van der Waals surface area contributed by atoms with Crippen LogP contribution in [0.3, 0.4) is 0 Å². The van der Waals surface area contributed by atoms with Crippen LogP contribution in [-0.2, 0) is 24.3 Å². The van der Waals surface area contributed by atoms with Gasteiger partial charge in [0.05, 0.1) is 23.1 Å². The first-order chi connectivity index (χ1) is 12.8. The molecule has 0 unspecified atom stereocenters. The minimum atomic E-state index is -3.70. The van der Waals surface area contributed by atoms with Crippen LogP contribution in [0.1, 0.15) is 26.2 Å². The summed E-state index contributed by atoms with van der Waals surface area (Å²) in [6.45, 7) is 2.95. The van der Waals surface area contributed by atoms with Gasteiger partial charge in [-0.15, -0.1) is 11.8 Å². The van der Waals surface area contributed by atoms with E-state index in [0.29, 0.717) is 25.4 Å². The van der Waals surface area contributed by atoms with Gasteiger partial charge in [-0.1, -0.05) is 18.0 Å². The van der Waals surface area contributed by atoms with Crippen molar-refractivity contribution in [1.29, 1.82) is 0 Å². The fourth-order valence-electron chi connectivity index (χ4n) is 2.65. The van der Waals surface area contributed by atoms with E-state index in [-0.39, 0.29) is 33.3 Å². The molecule has 1 saturated heterocycles. The number of sulfonamides is 1. The molecule has 150 valence electrons. The number of thioether (sulfide) groups is 1. The number of esters is 1. The molecule has 0 spiro atoms. The first kappa shape index (κ1) is 22.0. The molecule has 0 aliphatic carbocycles. The number of rotatable bonds is 8. The number of carbonyl (C=O) groups excluding carboxylic acids is 2. The summed E-state index contributed by atoms with van der Waals surface area (Å²) in [6, 6.07) is 4.38. The van der Waals surface area contributed by atoms with E-state index in [0.717, 1.165) is 31.0 Å². The Balaban J connectivity index is 2.02. The molecule has 7 nitrogen and oxygen atoms in total. The van der Waals surface area contributed by atoms with Gasteiger partial charge in [0.15, 0.2) is 0 Å². The summed E-state index contributed by atoms with van der Waals surface area (Å²) >= 11 is 7.24. The van der Waals surface area contributed by atoms with Crippen LogP contribution in [0.5, 0.6) is 0 Å². The second kappa shape index (κ2) is 10.3. The molecule has 1 aliphatic heterocycles. The Labute approximate surface area is 168 Å². The quantitative estimate of drug-likeness (QED) is 0.632. The average molecular weight is 435 g/mol. The molecule has 0 radical (unpaired) electrons. The van der Waals surface area contributed by atoms with E-state index in [1.54, 1.807) is 13.0 Å². The van der Waals surface area contributed by atoms with Crippen molar-refractivity contribution >= 4 is 50.9 Å². The van der Waals surface area contributed by atoms with Gasteiger partial charge in [0.25, 0.3) is 0 Å². The first-order valence-corrected chi connectivity index (χ1v) is 11.6. The lowest BCUT2D eigenvalue weighted by Crippen LogP contribution is -2.35. The highest BCUT2D eigenvalue weighted by Gasteiger charge is 2.28. The van der Waals surface area contributed by atoms with Crippen LogP contribution in [0.4, 0.5) is 5.69 Å². The maximum absolute atomic E-state index is 12.8. The van der Waals surface area contributed by atoms with Gasteiger partial charge in [0.2, 0.25) is 15.9 Å². The number of nitrogens with zero attached hydrogens (tertiary/aromatic N) is 1. The number of ether oxygens (including phenoxy) is 1. The van der Waals surface area contributed by atoms with E-state index in [9.17, 15) is 18.0 Å². The lowest BCUT2D eigenvalue weighted by atomic mass is 10.2. The Bertz CT molecular complexity index is 780. The molecule has 1 fully saturated rings. The summed E-state index contributed by atoms with van der Waals surface area (Å²) < 4.78 is 31.9. The molecule has 1 aliphatic rings. The number of carbonyl (C=O) groups is 2. The summed E-state index contributed by atoms with van der Waals surface area (Å²) in [5.74, 6) is -0.587. The Morgan fingerprint density at radius 3 is 2.59 bits per heavy atom. The van der Waals surface area contributed by atoms with Crippen molar-refractivity contribution in [2.45, 2.75) is 31.1 Å². The van der Waals surface area contributed by atoms with Crippen LogP contribution in [-0.4, -0.2) is 55.8 Å². The average Bonchev–Trinajstić information content (AvgIpc) is 2.64. The number of anilines is 1. The molecule has 0 atom stereocenters. The standard InChI is InChI=1S/C17H23ClN2O5S2/c1-2-25-17(22)12-26-11-16(21)19-13-6-7-14(18)15(10-13)27(23,24)20-8-4-3-5-9-20/h6-7,10H,2-5,8-9,11-12H2,1H3,(H,19,21). The van der Waals surface area contributed by atoms with Crippen LogP contribution in [0.25, 0.3) is 0 Å². The third kappa shape index (κ3) is 6.38. The predicted octanol–water partition coefficient (Wildman–Crippen LogP) is 2.75. The molecule has 1 N–H and O–H groups in total. The fourth-order valence-corrected chi connectivity index (χ4v) is 5.28. The summed E-state index contributed by atoms with van der Waals surface area (Å²) in [5, 5.41) is 2.76. The Kier molecular flexibility index (Phi) is 8.40. The Morgan fingerprint density at radius 1 is 1.22 bits per heavy atom. The number of halogens is 1. The predicted molar refractivity (Wildman–Crippen MR) is 107 cm³/mol. The van der Waals surface area contributed by atoms with Crippen LogP contribution in [0.2, 0.25) is 5.02 Å². The minimum absolute atomic E-state index is 0.0111. The molecule has 10 heteroatoms. The van der Waals surface area contributed by atoms with Gasteiger partial charge in [-0.05, 0) is 38.0 Å². The highest BCUT2D eigenvalue weighted by Crippen LogP contribution is 2.29. The number of piperidine rings is 1. The van der Waals surface area contributed by atoms with Crippen molar-refractivity contribution in [1.82, 2.24) is 4.31 Å². The highest BCUT2D eigenvalue weighted by atomic mass is 35.5. The molecule has 0 saturated carbocycles. The zero-order valence-electron chi connectivity index (χ0n) is 15.1. The fraction of sp³-hybridized carbons (Fsp3) is 0.529. The smallest absolute Gasteiger partial charge is 0.315 e. The third-order valence-electron chi connectivity index (χ3n) is 3.91. The normalized spacial score (nSPS) is 15.3. The SMILES string of the molecule is CCOC(=O)CSCC(=O)Nc1ccc(Cl)c(S(=O)(=O)N2CCCCC2)c1. The minimum Gasteiger partial charge on any atom is -0.465 e. The molecule has 1 aromatic carbocycles. The number of hydrogen-bond acceptors (Lipinski definition) is 6. The second-order valence-electron chi connectivity index (χ2n) is 5.96. The summed E-state index contributed by atoms with van der Waals surface area (Å²) in [5.41, 5.74) is 0.344. The molecule has 27 heavy (non-hydrogen) atoms. The van der Waals surface area contributed by atoms with Crippen LogP contribution in [0, 0.1) is 0 Å². The molecule has 1 heterocycles. The van der Waals surface area contributed by atoms with E-state index in [4.69, 9.17) is 16.3 Å². The maximum Gasteiger partial charge on any atom is 0.315 e. The van der Waals surface area contributed by atoms with Gasteiger partial charge in [0, 0.05) is 18.8 Å². The van der Waals surface area contributed by atoms with Crippen LogP contribution in [0.15, 0.2) is 23.1 Å². The summed E-state index contributed by atoms with van der Waals surface area (Å²) in [7, 11) is -3.70. The van der Waals surface area contributed by atoms with Crippen molar-refractivity contribution < 1.29 is 22.7 Å². The topological polar surface area (TPSA) is 92.8 Å². The highest BCUT2D eigenvalue weighted by molar-refractivity contribution is 8.00. The number of nitrogens with one attached hydrogen (secondary N) is 1. The number of hydrogen-bond donors (Lipinski definition) is 1. The zero-order valence-corrected chi connectivity index (χ0v) is 17.5. The molecular formula is C17H23ClN2O5S2. The Hall–Kier alpha value is -1.29. The van der Waals surface area contributed by atoms with E-state index >= 15 is 0 Å². The number of amides is 1. The van der Waals surface area contributed by atoms with Gasteiger partial charge in [0.1, 0.15) is 4.90 Å².